The van der Waals surface area contributed by atoms with E-state index in [0.717, 1.165) is 16.2 Å². The van der Waals surface area contributed by atoms with Crippen LogP contribution in [0.1, 0.15) is 41.2 Å². The number of hydrogen-bond donors (Lipinski definition) is 2. The number of thiophene rings is 1. The number of aromatic carboxylic acids is 1. The van der Waals surface area contributed by atoms with Crippen molar-refractivity contribution in [3.63, 3.8) is 0 Å². The third-order valence-corrected chi connectivity index (χ3v) is 3.76. The summed E-state index contributed by atoms with van der Waals surface area (Å²) in [6.45, 7) is 5.14. The van der Waals surface area contributed by atoms with Gasteiger partial charge < -0.3 is 14.6 Å². The van der Waals surface area contributed by atoms with E-state index in [4.69, 9.17) is 9.84 Å². The lowest BCUT2D eigenvalue weighted by atomic mass is 10.2. The fraction of sp³-hybridized carbons (Fsp3) is 0.462. The van der Waals surface area contributed by atoms with Crippen molar-refractivity contribution in [1.82, 2.24) is 5.32 Å². The number of amides is 2. The Morgan fingerprint density at radius 2 is 2.05 bits per heavy atom. The Bertz CT molecular complexity index is 537. The molecule has 2 amide bonds. The molecule has 1 rings (SSSR count). The second-order valence-electron chi connectivity index (χ2n) is 4.36. The summed E-state index contributed by atoms with van der Waals surface area (Å²) in [6, 6.07) is 1.59. The zero-order chi connectivity index (χ0) is 16.0. The number of carbonyl (C=O) groups is 3. The summed E-state index contributed by atoms with van der Waals surface area (Å²) in [6.07, 6.45) is -0.863. The minimum atomic E-state index is -1.12. The summed E-state index contributed by atoms with van der Waals surface area (Å²) in [7, 11) is 0. The Morgan fingerprint density at radius 1 is 1.38 bits per heavy atom. The van der Waals surface area contributed by atoms with Crippen molar-refractivity contribution in [3.8, 4) is 5.75 Å². The highest BCUT2D eigenvalue weighted by molar-refractivity contribution is 7.14. The molecule has 0 radical (unpaired) electrons. The topological polar surface area (TPSA) is 102 Å². The molecule has 21 heavy (non-hydrogen) atoms. The third-order valence-electron chi connectivity index (χ3n) is 2.36. The van der Waals surface area contributed by atoms with Crippen LogP contribution in [0.25, 0.3) is 0 Å². The quantitative estimate of drug-likeness (QED) is 0.834. The van der Waals surface area contributed by atoms with Crippen molar-refractivity contribution in [2.24, 2.45) is 0 Å². The molecule has 1 aromatic heterocycles. The zero-order valence-electron chi connectivity index (χ0n) is 12.0. The first-order valence-electron chi connectivity index (χ1n) is 6.31. The molecular formula is C13H17NO6S. The normalized spacial score (nSPS) is 10.3. The molecule has 2 N–H and O–H groups in total. The molecule has 0 saturated heterocycles. The van der Waals surface area contributed by atoms with Crippen LogP contribution in [0.2, 0.25) is 0 Å². The maximum Gasteiger partial charge on any atom is 0.413 e. The van der Waals surface area contributed by atoms with E-state index in [1.54, 1.807) is 13.0 Å². The molecular weight excluding hydrogens is 298 g/mol. The molecule has 8 heteroatoms. The number of hydrogen-bond acceptors (Lipinski definition) is 6. The van der Waals surface area contributed by atoms with Gasteiger partial charge in [0, 0.05) is 4.88 Å². The lowest BCUT2D eigenvalue weighted by molar-refractivity contribution is -0.122. The molecule has 0 spiro atoms. The monoisotopic (exact) mass is 315 g/mol. The van der Waals surface area contributed by atoms with Gasteiger partial charge in [-0.15, -0.1) is 11.3 Å². The van der Waals surface area contributed by atoms with E-state index >= 15 is 0 Å². The van der Waals surface area contributed by atoms with Crippen molar-refractivity contribution in [3.05, 3.63) is 15.8 Å². The van der Waals surface area contributed by atoms with Crippen molar-refractivity contribution in [2.75, 3.05) is 13.2 Å². The van der Waals surface area contributed by atoms with Crippen LogP contribution >= 0.6 is 11.3 Å². The van der Waals surface area contributed by atoms with Crippen LogP contribution in [0.5, 0.6) is 5.75 Å². The molecule has 0 atom stereocenters. The van der Waals surface area contributed by atoms with Crippen molar-refractivity contribution < 1.29 is 29.0 Å². The molecule has 116 valence electrons. The Hall–Kier alpha value is -2.09. The van der Waals surface area contributed by atoms with Crippen LogP contribution in [-0.4, -0.2) is 36.3 Å². The molecule has 0 aliphatic heterocycles. The summed E-state index contributed by atoms with van der Waals surface area (Å²) in [5.74, 6) is -1.55. The largest absolute Gasteiger partial charge is 0.482 e. The summed E-state index contributed by atoms with van der Waals surface area (Å²) < 4.78 is 9.72. The van der Waals surface area contributed by atoms with E-state index in [-0.39, 0.29) is 23.2 Å². The second-order valence-corrected chi connectivity index (χ2v) is 5.44. The number of imide groups is 1. The molecule has 0 fully saturated rings. The highest BCUT2D eigenvalue weighted by Gasteiger charge is 2.19. The molecule has 0 aliphatic carbocycles. The van der Waals surface area contributed by atoms with Gasteiger partial charge in [-0.2, -0.15) is 0 Å². The first-order valence-corrected chi connectivity index (χ1v) is 7.13. The van der Waals surface area contributed by atoms with Crippen LogP contribution in [0.4, 0.5) is 4.79 Å². The number of ether oxygens (including phenoxy) is 2. The van der Waals surface area contributed by atoms with Gasteiger partial charge in [-0.3, -0.25) is 10.1 Å². The smallest absolute Gasteiger partial charge is 0.413 e. The average molecular weight is 315 g/mol. The predicted octanol–water partition coefficient (Wildman–Crippen LogP) is 2.22. The van der Waals surface area contributed by atoms with Crippen LogP contribution in [0, 0.1) is 0 Å². The van der Waals surface area contributed by atoms with Gasteiger partial charge in [0.15, 0.2) is 11.5 Å². The summed E-state index contributed by atoms with van der Waals surface area (Å²) in [4.78, 5) is 34.5. The molecule has 0 saturated carbocycles. The number of carbonyl (C=O) groups excluding carboxylic acids is 2. The van der Waals surface area contributed by atoms with Gasteiger partial charge in [0.05, 0.1) is 6.61 Å². The molecule has 7 nitrogen and oxygen atoms in total. The Kier molecular flexibility index (Phi) is 6.16. The average Bonchev–Trinajstić information content (AvgIpc) is 2.81. The minimum Gasteiger partial charge on any atom is -0.482 e. The van der Waals surface area contributed by atoms with Crippen molar-refractivity contribution >= 4 is 29.3 Å². The maximum absolute atomic E-state index is 11.4. The maximum atomic E-state index is 11.4. The fourth-order valence-electron chi connectivity index (χ4n) is 1.39. The molecule has 1 aromatic rings. The first kappa shape index (κ1) is 17.0. The summed E-state index contributed by atoms with van der Waals surface area (Å²) >= 11 is 1.10. The van der Waals surface area contributed by atoms with Gasteiger partial charge in [-0.1, -0.05) is 13.8 Å². The second kappa shape index (κ2) is 7.63. The van der Waals surface area contributed by atoms with Crippen LogP contribution in [0.3, 0.4) is 0 Å². The molecule has 0 unspecified atom stereocenters. The Labute approximate surface area is 125 Å². The summed E-state index contributed by atoms with van der Waals surface area (Å²) in [5, 5.41) is 11.1. The fourth-order valence-corrected chi connectivity index (χ4v) is 2.34. The number of carboxylic acids is 1. The van der Waals surface area contributed by atoms with Crippen molar-refractivity contribution in [1.29, 1.82) is 0 Å². The number of nitrogens with one attached hydrogen (secondary N) is 1. The highest BCUT2D eigenvalue weighted by atomic mass is 32.1. The van der Waals surface area contributed by atoms with Crippen LogP contribution in [0.15, 0.2) is 6.07 Å². The van der Waals surface area contributed by atoms with Gasteiger partial charge in [0.2, 0.25) is 0 Å². The lowest BCUT2D eigenvalue weighted by Gasteiger charge is -2.06. The predicted molar refractivity (Wildman–Crippen MR) is 76.0 cm³/mol. The molecule has 1 heterocycles. The number of alkyl carbamates (subject to hydrolysis) is 1. The zero-order valence-corrected chi connectivity index (χ0v) is 12.8. The van der Waals surface area contributed by atoms with Gasteiger partial charge in [-0.05, 0) is 18.9 Å². The molecule has 0 aromatic carbocycles. The van der Waals surface area contributed by atoms with Crippen LogP contribution in [-0.2, 0) is 9.53 Å². The van der Waals surface area contributed by atoms with Gasteiger partial charge in [0.25, 0.3) is 5.91 Å². The number of rotatable bonds is 6. The standard InChI is InChI=1S/C13H17NO6S/c1-4-19-13(18)14-10(15)6-20-8-5-9(7(2)3)21-11(8)12(16)17/h5,7H,4,6H2,1-3H3,(H,16,17)(H,14,15,18). The van der Waals surface area contributed by atoms with E-state index in [2.05, 4.69) is 4.74 Å². The van der Waals surface area contributed by atoms with Gasteiger partial charge in [-0.25, -0.2) is 9.59 Å². The van der Waals surface area contributed by atoms with E-state index in [9.17, 15) is 14.4 Å². The Balaban J connectivity index is 2.68. The highest BCUT2D eigenvalue weighted by Crippen LogP contribution is 2.33. The van der Waals surface area contributed by atoms with E-state index in [0.29, 0.717) is 0 Å². The molecule has 0 aliphatic rings. The van der Waals surface area contributed by atoms with Crippen molar-refractivity contribution in [2.45, 2.75) is 26.7 Å². The minimum absolute atomic E-state index is 0.0302. The van der Waals surface area contributed by atoms with Crippen LogP contribution < -0.4 is 10.1 Å². The SMILES string of the molecule is CCOC(=O)NC(=O)COc1cc(C(C)C)sc1C(=O)O. The van der Waals surface area contributed by atoms with Gasteiger partial charge >= 0.3 is 12.1 Å². The van der Waals surface area contributed by atoms with E-state index in [1.165, 1.54) is 0 Å². The van der Waals surface area contributed by atoms with E-state index < -0.39 is 24.6 Å². The summed E-state index contributed by atoms with van der Waals surface area (Å²) in [5.41, 5.74) is 0. The molecule has 0 bridgehead atoms. The lowest BCUT2D eigenvalue weighted by Crippen LogP contribution is -2.34. The van der Waals surface area contributed by atoms with E-state index in [1.807, 2.05) is 19.2 Å². The number of carboxylic acid groups (broad SMARTS) is 1. The van der Waals surface area contributed by atoms with Gasteiger partial charge in [0.1, 0.15) is 5.75 Å². The Morgan fingerprint density at radius 3 is 2.57 bits per heavy atom. The first-order chi connectivity index (χ1) is 9.85. The third kappa shape index (κ3) is 5.07.